The fourth-order valence-electron chi connectivity index (χ4n) is 2.51. The van der Waals surface area contributed by atoms with Crippen LogP contribution in [0.1, 0.15) is 41.5 Å². The molecule has 0 spiro atoms. The molecule has 2 N–H and O–H groups in total. The lowest BCUT2D eigenvalue weighted by atomic mass is 9.99. The first-order valence-corrected chi connectivity index (χ1v) is 8.38. The van der Waals surface area contributed by atoms with E-state index < -0.39 is 6.10 Å². The Hall–Kier alpha value is -1.33. The standard InChI is InChI=1S/C18H31N3O2/c1-13-7-8-21(10-14(22)9-19-17(2,3)4)11-15(13)16-20-18(5,6)12-23-16/h7-8,11,13-14,19,22H,9-10,12H2,1-6H3. The molecule has 0 aliphatic carbocycles. The Balaban J connectivity index is 1.99. The first-order chi connectivity index (χ1) is 10.6. The summed E-state index contributed by atoms with van der Waals surface area (Å²) in [7, 11) is 0. The van der Waals surface area contributed by atoms with Crippen molar-refractivity contribution in [1.29, 1.82) is 0 Å². The molecule has 2 aliphatic rings. The Morgan fingerprint density at radius 1 is 1.48 bits per heavy atom. The number of aliphatic hydroxyl groups excluding tert-OH is 1. The number of allylic oxidation sites excluding steroid dienone is 1. The van der Waals surface area contributed by atoms with E-state index in [4.69, 9.17) is 4.74 Å². The number of hydrogen-bond acceptors (Lipinski definition) is 5. The molecule has 5 nitrogen and oxygen atoms in total. The third-order valence-electron chi connectivity index (χ3n) is 3.86. The van der Waals surface area contributed by atoms with E-state index in [9.17, 15) is 5.11 Å². The molecular formula is C18H31N3O2. The van der Waals surface area contributed by atoms with Gasteiger partial charge in [0.25, 0.3) is 0 Å². The van der Waals surface area contributed by atoms with Crippen LogP contribution in [-0.2, 0) is 4.74 Å². The number of ether oxygens (including phenoxy) is 1. The number of hydrogen-bond donors (Lipinski definition) is 2. The zero-order valence-corrected chi connectivity index (χ0v) is 15.3. The summed E-state index contributed by atoms with van der Waals surface area (Å²) in [5, 5.41) is 13.6. The molecule has 0 amide bonds. The van der Waals surface area contributed by atoms with Crippen LogP contribution in [0.5, 0.6) is 0 Å². The number of β-amino-alcohol motifs (C(OH)–C–C–N with tert-alkyl or cyclic N) is 1. The van der Waals surface area contributed by atoms with Crippen LogP contribution < -0.4 is 5.32 Å². The molecule has 5 heteroatoms. The predicted molar refractivity (Wildman–Crippen MR) is 94.3 cm³/mol. The number of nitrogens with one attached hydrogen (secondary N) is 1. The van der Waals surface area contributed by atoms with Crippen molar-refractivity contribution >= 4 is 5.90 Å². The van der Waals surface area contributed by atoms with Gasteiger partial charge in [0.2, 0.25) is 5.90 Å². The molecule has 130 valence electrons. The third-order valence-corrected chi connectivity index (χ3v) is 3.86. The van der Waals surface area contributed by atoms with E-state index in [0.717, 1.165) is 11.5 Å². The van der Waals surface area contributed by atoms with E-state index in [-0.39, 0.29) is 17.0 Å². The van der Waals surface area contributed by atoms with Crippen LogP contribution >= 0.6 is 0 Å². The van der Waals surface area contributed by atoms with E-state index in [1.807, 2.05) is 17.3 Å². The predicted octanol–water partition coefficient (Wildman–Crippen LogP) is 2.29. The molecule has 23 heavy (non-hydrogen) atoms. The summed E-state index contributed by atoms with van der Waals surface area (Å²) in [4.78, 5) is 6.68. The molecule has 2 unspecified atom stereocenters. The fourth-order valence-corrected chi connectivity index (χ4v) is 2.51. The summed E-state index contributed by atoms with van der Waals surface area (Å²) in [6.45, 7) is 14.3. The van der Waals surface area contributed by atoms with Gasteiger partial charge in [-0.15, -0.1) is 0 Å². The summed E-state index contributed by atoms with van der Waals surface area (Å²) in [6.07, 6.45) is 5.75. The van der Waals surface area contributed by atoms with Crippen LogP contribution in [0.3, 0.4) is 0 Å². The molecule has 0 saturated heterocycles. The van der Waals surface area contributed by atoms with Crippen molar-refractivity contribution < 1.29 is 9.84 Å². The van der Waals surface area contributed by atoms with Gasteiger partial charge in [-0.05, 0) is 34.6 Å². The normalized spacial score (nSPS) is 25.0. The highest BCUT2D eigenvalue weighted by atomic mass is 16.5. The molecule has 2 rings (SSSR count). The lowest BCUT2D eigenvalue weighted by Crippen LogP contribution is -2.43. The maximum absolute atomic E-state index is 10.2. The second-order valence-electron chi connectivity index (χ2n) is 8.21. The van der Waals surface area contributed by atoms with Gasteiger partial charge in [0, 0.05) is 42.5 Å². The van der Waals surface area contributed by atoms with Gasteiger partial charge in [-0.25, -0.2) is 4.99 Å². The quantitative estimate of drug-likeness (QED) is 0.816. The highest BCUT2D eigenvalue weighted by Crippen LogP contribution is 2.27. The van der Waals surface area contributed by atoms with Crippen molar-refractivity contribution in [3.63, 3.8) is 0 Å². The summed E-state index contributed by atoms with van der Waals surface area (Å²) >= 11 is 0. The lowest BCUT2D eigenvalue weighted by Gasteiger charge is -2.28. The summed E-state index contributed by atoms with van der Waals surface area (Å²) < 4.78 is 5.77. The topological polar surface area (TPSA) is 57.1 Å². The van der Waals surface area contributed by atoms with Crippen LogP contribution in [0.2, 0.25) is 0 Å². The van der Waals surface area contributed by atoms with Crippen LogP contribution in [0.4, 0.5) is 0 Å². The van der Waals surface area contributed by atoms with Crippen molar-refractivity contribution in [1.82, 2.24) is 10.2 Å². The molecule has 0 aromatic rings. The lowest BCUT2D eigenvalue weighted by molar-refractivity contribution is 0.137. The maximum atomic E-state index is 10.2. The Kier molecular flexibility index (Phi) is 5.21. The largest absolute Gasteiger partial charge is 0.475 e. The van der Waals surface area contributed by atoms with Crippen molar-refractivity contribution in [2.24, 2.45) is 10.9 Å². The van der Waals surface area contributed by atoms with E-state index in [2.05, 4.69) is 57.9 Å². The van der Waals surface area contributed by atoms with Crippen molar-refractivity contribution in [3.05, 3.63) is 24.0 Å². The molecular weight excluding hydrogens is 290 g/mol. The van der Waals surface area contributed by atoms with Gasteiger partial charge in [-0.3, -0.25) is 0 Å². The van der Waals surface area contributed by atoms with Crippen LogP contribution in [0, 0.1) is 5.92 Å². The average Bonchev–Trinajstić information content (AvgIpc) is 2.78. The first-order valence-electron chi connectivity index (χ1n) is 8.38. The number of aliphatic hydroxyl groups is 1. The molecule has 0 saturated carbocycles. The Morgan fingerprint density at radius 3 is 2.74 bits per heavy atom. The van der Waals surface area contributed by atoms with Gasteiger partial charge in [0.15, 0.2) is 0 Å². The monoisotopic (exact) mass is 321 g/mol. The minimum Gasteiger partial charge on any atom is -0.475 e. The Labute approximate surface area is 140 Å². The van der Waals surface area contributed by atoms with E-state index >= 15 is 0 Å². The molecule has 2 heterocycles. The van der Waals surface area contributed by atoms with Crippen molar-refractivity contribution in [2.45, 2.75) is 58.7 Å². The molecule has 0 fully saturated rings. The number of aliphatic imine (C=N–C) groups is 1. The Bertz CT molecular complexity index is 515. The SMILES string of the molecule is CC1C=CN(CC(O)CNC(C)(C)C)C=C1C1=NC(C)(C)CO1. The molecule has 0 aromatic heterocycles. The molecule has 0 aromatic carbocycles. The zero-order chi connectivity index (χ0) is 17.3. The second-order valence-corrected chi connectivity index (χ2v) is 8.21. The second kappa shape index (κ2) is 6.65. The summed E-state index contributed by atoms with van der Waals surface area (Å²) in [5.74, 6) is 1.00. The Morgan fingerprint density at radius 2 is 2.17 bits per heavy atom. The van der Waals surface area contributed by atoms with Crippen molar-refractivity contribution in [2.75, 3.05) is 19.7 Å². The summed E-state index contributed by atoms with van der Waals surface area (Å²) in [5.41, 5.74) is 0.929. The highest BCUT2D eigenvalue weighted by molar-refractivity contribution is 5.95. The first kappa shape index (κ1) is 18.0. The fraction of sp³-hybridized carbons (Fsp3) is 0.722. The molecule has 0 bridgehead atoms. The van der Waals surface area contributed by atoms with Gasteiger partial charge in [0.1, 0.15) is 6.61 Å². The van der Waals surface area contributed by atoms with Crippen LogP contribution in [0.15, 0.2) is 29.0 Å². The van der Waals surface area contributed by atoms with Gasteiger partial charge >= 0.3 is 0 Å². The van der Waals surface area contributed by atoms with Crippen LogP contribution in [-0.4, -0.2) is 52.8 Å². The van der Waals surface area contributed by atoms with Crippen LogP contribution in [0.25, 0.3) is 0 Å². The highest BCUT2D eigenvalue weighted by Gasteiger charge is 2.30. The number of rotatable bonds is 5. The minimum atomic E-state index is -0.437. The third kappa shape index (κ3) is 5.36. The molecule has 2 atom stereocenters. The van der Waals surface area contributed by atoms with Gasteiger partial charge in [0.05, 0.1) is 11.6 Å². The van der Waals surface area contributed by atoms with Gasteiger partial charge in [-0.2, -0.15) is 0 Å². The van der Waals surface area contributed by atoms with Gasteiger partial charge < -0.3 is 20.1 Å². The van der Waals surface area contributed by atoms with Crippen molar-refractivity contribution in [3.8, 4) is 0 Å². The molecule has 2 aliphatic heterocycles. The number of nitrogens with zero attached hydrogens (tertiary/aromatic N) is 2. The van der Waals surface area contributed by atoms with Gasteiger partial charge in [-0.1, -0.05) is 13.0 Å². The van der Waals surface area contributed by atoms with E-state index in [1.165, 1.54) is 0 Å². The van der Waals surface area contributed by atoms with E-state index in [0.29, 0.717) is 19.7 Å². The minimum absolute atomic E-state index is 0.00618. The zero-order valence-electron chi connectivity index (χ0n) is 15.3. The maximum Gasteiger partial charge on any atom is 0.214 e. The molecule has 0 radical (unpaired) electrons. The smallest absolute Gasteiger partial charge is 0.214 e. The average molecular weight is 321 g/mol. The van der Waals surface area contributed by atoms with E-state index in [1.54, 1.807) is 0 Å². The summed E-state index contributed by atoms with van der Waals surface area (Å²) in [6, 6.07) is 0.